The first kappa shape index (κ1) is 11.8. The summed E-state index contributed by atoms with van der Waals surface area (Å²) in [6, 6.07) is 9.81. The molecule has 0 aliphatic carbocycles. The van der Waals surface area contributed by atoms with Crippen molar-refractivity contribution in [3.05, 3.63) is 47.6 Å². The fourth-order valence-corrected chi connectivity index (χ4v) is 1.62. The maximum atomic E-state index is 5.41. The molecule has 90 valence electrons. The van der Waals surface area contributed by atoms with Gasteiger partial charge in [-0.25, -0.2) is 0 Å². The number of nitrogens with zero attached hydrogens (tertiary/aromatic N) is 2. The molecule has 1 N–H and O–H groups in total. The summed E-state index contributed by atoms with van der Waals surface area (Å²) in [6.45, 7) is 0.554. The second kappa shape index (κ2) is 5.56. The monoisotopic (exact) mass is 233 g/mol. The molecule has 2 rings (SSSR count). The number of nitrogens with one attached hydrogen (secondary N) is 1. The first-order valence-corrected chi connectivity index (χ1v) is 5.40. The average molecular weight is 233 g/mol. The molecule has 0 saturated carbocycles. The van der Waals surface area contributed by atoms with Crippen LogP contribution in [-0.4, -0.2) is 24.3 Å². The highest BCUT2D eigenvalue weighted by Crippen LogP contribution is 2.22. The van der Waals surface area contributed by atoms with E-state index in [9.17, 15) is 0 Å². The minimum atomic E-state index is -0.287. The van der Waals surface area contributed by atoms with Crippen LogP contribution in [0, 0.1) is 0 Å². The Hall–Kier alpha value is -1.72. The summed E-state index contributed by atoms with van der Waals surface area (Å²) in [6.07, 6.45) is -0.287. The Labute approximate surface area is 99.8 Å². The van der Waals surface area contributed by atoms with Gasteiger partial charge in [0.1, 0.15) is 6.10 Å². The van der Waals surface area contributed by atoms with Crippen molar-refractivity contribution in [1.29, 1.82) is 0 Å². The Bertz CT molecular complexity index is 456. The lowest BCUT2D eigenvalue weighted by Crippen LogP contribution is -2.07. The molecular formula is C12H15N3O2. The number of methoxy groups -OCH3 is 1. The van der Waals surface area contributed by atoms with Gasteiger partial charge in [0, 0.05) is 7.11 Å². The van der Waals surface area contributed by atoms with Crippen molar-refractivity contribution in [3.63, 3.8) is 0 Å². The summed E-state index contributed by atoms with van der Waals surface area (Å²) in [5.41, 5.74) is 1.01. The van der Waals surface area contributed by atoms with Gasteiger partial charge < -0.3 is 14.6 Å². The van der Waals surface area contributed by atoms with Gasteiger partial charge in [0.2, 0.25) is 11.7 Å². The molecule has 5 nitrogen and oxygen atoms in total. The lowest BCUT2D eigenvalue weighted by molar-refractivity contribution is 0.126. The zero-order chi connectivity index (χ0) is 12.1. The summed E-state index contributed by atoms with van der Waals surface area (Å²) in [5.74, 6) is 1.10. The van der Waals surface area contributed by atoms with Crippen LogP contribution in [0.1, 0.15) is 23.4 Å². The summed E-state index contributed by atoms with van der Waals surface area (Å²) < 4.78 is 10.5. The van der Waals surface area contributed by atoms with Crippen molar-refractivity contribution in [2.75, 3.05) is 14.2 Å². The molecule has 1 heterocycles. The van der Waals surface area contributed by atoms with Crippen LogP contribution in [0.4, 0.5) is 0 Å². The van der Waals surface area contributed by atoms with E-state index >= 15 is 0 Å². The Kier molecular flexibility index (Phi) is 3.85. The second-order valence-electron chi connectivity index (χ2n) is 3.60. The molecule has 0 radical (unpaired) electrons. The van der Waals surface area contributed by atoms with E-state index in [1.165, 1.54) is 0 Å². The van der Waals surface area contributed by atoms with Crippen molar-refractivity contribution in [2.24, 2.45) is 0 Å². The van der Waals surface area contributed by atoms with Crippen molar-refractivity contribution in [3.8, 4) is 0 Å². The maximum Gasteiger partial charge on any atom is 0.240 e. The van der Waals surface area contributed by atoms with Crippen LogP contribution in [0.2, 0.25) is 0 Å². The molecule has 0 aliphatic rings. The van der Waals surface area contributed by atoms with Crippen molar-refractivity contribution < 1.29 is 9.26 Å². The van der Waals surface area contributed by atoms with Gasteiger partial charge in [-0.3, -0.25) is 0 Å². The van der Waals surface area contributed by atoms with Gasteiger partial charge in [-0.2, -0.15) is 4.98 Å². The summed E-state index contributed by atoms with van der Waals surface area (Å²) in [5, 5.41) is 6.89. The molecule has 1 atom stereocenters. The highest BCUT2D eigenvalue weighted by atomic mass is 16.5. The number of benzene rings is 1. The lowest BCUT2D eigenvalue weighted by atomic mass is 10.1. The summed E-state index contributed by atoms with van der Waals surface area (Å²) in [7, 11) is 3.46. The quantitative estimate of drug-likeness (QED) is 0.848. The van der Waals surface area contributed by atoms with Gasteiger partial charge >= 0.3 is 0 Å². The maximum absolute atomic E-state index is 5.41. The predicted molar refractivity (Wildman–Crippen MR) is 62.4 cm³/mol. The van der Waals surface area contributed by atoms with Crippen LogP contribution in [0.15, 0.2) is 34.9 Å². The molecule has 5 heteroatoms. The average Bonchev–Trinajstić information content (AvgIpc) is 2.81. The van der Waals surface area contributed by atoms with Gasteiger partial charge in [-0.05, 0) is 12.6 Å². The van der Waals surface area contributed by atoms with E-state index in [0.717, 1.165) is 5.56 Å². The minimum Gasteiger partial charge on any atom is -0.369 e. The third kappa shape index (κ3) is 2.69. The molecule has 0 aliphatic heterocycles. The fraction of sp³-hybridized carbons (Fsp3) is 0.333. The predicted octanol–water partition coefficient (Wildman–Crippen LogP) is 1.52. The van der Waals surface area contributed by atoms with Gasteiger partial charge in [-0.15, -0.1) is 0 Å². The molecule has 0 amide bonds. The molecule has 0 spiro atoms. The van der Waals surface area contributed by atoms with Crippen LogP contribution in [-0.2, 0) is 11.3 Å². The van der Waals surface area contributed by atoms with Gasteiger partial charge in [0.25, 0.3) is 0 Å². The highest BCUT2D eigenvalue weighted by molar-refractivity contribution is 5.22. The Morgan fingerprint density at radius 1 is 1.35 bits per heavy atom. The van der Waals surface area contributed by atoms with Gasteiger partial charge in [-0.1, -0.05) is 35.5 Å². The van der Waals surface area contributed by atoms with Crippen LogP contribution in [0.3, 0.4) is 0 Å². The van der Waals surface area contributed by atoms with Gasteiger partial charge in [0.15, 0.2) is 0 Å². The molecule has 0 fully saturated rings. The first-order chi connectivity index (χ1) is 8.35. The molecule has 1 aromatic heterocycles. The van der Waals surface area contributed by atoms with Crippen molar-refractivity contribution in [1.82, 2.24) is 15.5 Å². The topological polar surface area (TPSA) is 60.2 Å². The summed E-state index contributed by atoms with van der Waals surface area (Å²) >= 11 is 0. The van der Waals surface area contributed by atoms with Crippen molar-refractivity contribution in [2.45, 2.75) is 12.6 Å². The fourth-order valence-electron chi connectivity index (χ4n) is 1.62. The van der Waals surface area contributed by atoms with Crippen LogP contribution >= 0.6 is 0 Å². The normalized spacial score (nSPS) is 12.6. The zero-order valence-corrected chi connectivity index (χ0v) is 9.88. The second-order valence-corrected chi connectivity index (χ2v) is 3.60. The third-order valence-corrected chi connectivity index (χ3v) is 2.38. The summed E-state index contributed by atoms with van der Waals surface area (Å²) in [4.78, 5) is 4.28. The van der Waals surface area contributed by atoms with E-state index in [-0.39, 0.29) is 6.10 Å². The third-order valence-electron chi connectivity index (χ3n) is 2.38. The van der Waals surface area contributed by atoms with E-state index < -0.39 is 0 Å². The number of rotatable bonds is 5. The molecule has 17 heavy (non-hydrogen) atoms. The molecule has 1 aromatic carbocycles. The standard InChI is InChI=1S/C12H15N3O2/c1-13-8-10-14-12(15-17-10)11(16-2)9-6-4-3-5-7-9/h3-7,11,13H,8H2,1-2H3. The number of aromatic nitrogens is 2. The minimum absolute atomic E-state index is 0.287. The molecule has 0 saturated heterocycles. The lowest BCUT2D eigenvalue weighted by Gasteiger charge is -2.10. The highest BCUT2D eigenvalue weighted by Gasteiger charge is 2.19. The Balaban J connectivity index is 2.23. The van der Waals surface area contributed by atoms with E-state index in [0.29, 0.717) is 18.3 Å². The van der Waals surface area contributed by atoms with E-state index in [1.54, 1.807) is 7.11 Å². The largest absolute Gasteiger partial charge is 0.369 e. The molecule has 1 unspecified atom stereocenters. The zero-order valence-electron chi connectivity index (χ0n) is 9.88. The number of ether oxygens (including phenoxy) is 1. The van der Waals surface area contributed by atoms with Crippen LogP contribution in [0.5, 0.6) is 0 Å². The first-order valence-electron chi connectivity index (χ1n) is 5.40. The van der Waals surface area contributed by atoms with E-state index in [2.05, 4.69) is 15.5 Å². The Morgan fingerprint density at radius 2 is 2.12 bits per heavy atom. The molecule has 2 aromatic rings. The van der Waals surface area contributed by atoms with Crippen LogP contribution < -0.4 is 5.32 Å². The molecule has 0 bridgehead atoms. The molecular weight excluding hydrogens is 218 g/mol. The van der Waals surface area contributed by atoms with E-state index in [4.69, 9.17) is 9.26 Å². The smallest absolute Gasteiger partial charge is 0.240 e. The van der Waals surface area contributed by atoms with E-state index in [1.807, 2.05) is 37.4 Å². The SMILES string of the molecule is CNCc1nc(C(OC)c2ccccc2)no1. The van der Waals surface area contributed by atoms with Crippen LogP contribution in [0.25, 0.3) is 0 Å². The number of hydrogen-bond acceptors (Lipinski definition) is 5. The van der Waals surface area contributed by atoms with Crippen molar-refractivity contribution >= 4 is 0 Å². The van der Waals surface area contributed by atoms with Gasteiger partial charge in [0.05, 0.1) is 6.54 Å². The Morgan fingerprint density at radius 3 is 2.76 bits per heavy atom. The number of hydrogen-bond donors (Lipinski definition) is 1.